The lowest BCUT2D eigenvalue weighted by molar-refractivity contribution is -0.125. The monoisotopic (exact) mass is 277 g/mol. The van der Waals surface area contributed by atoms with Gasteiger partial charge in [0.15, 0.2) is 0 Å². The number of rotatable bonds is 5. The first kappa shape index (κ1) is 14.6. The summed E-state index contributed by atoms with van der Waals surface area (Å²) in [5.74, 6) is 1.56. The van der Waals surface area contributed by atoms with Crippen LogP contribution in [0.15, 0.2) is 6.33 Å². The summed E-state index contributed by atoms with van der Waals surface area (Å²) in [5, 5.41) is 3.12. The van der Waals surface area contributed by atoms with Crippen LogP contribution < -0.4 is 16.0 Å². The van der Waals surface area contributed by atoms with Crippen molar-refractivity contribution < 1.29 is 4.79 Å². The molecule has 1 atom stereocenters. The predicted octanol–water partition coefficient (Wildman–Crippen LogP) is 1.17. The van der Waals surface area contributed by atoms with Crippen LogP contribution in [0.5, 0.6) is 0 Å². The zero-order chi connectivity index (χ0) is 14.8. The standard InChI is InChI=1S/C14H23N5O/c1-4-5-10-11(16-3)17-9-18-12(10)19-7-6-14(2,8-19)13(15)20/h9H,4-8H2,1-3H3,(H2,15,20)(H,16,17,18). The Morgan fingerprint density at radius 2 is 2.30 bits per heavy atom. The van der Waals surface area contributed by atoms with Crippen LogP contribution in [0.25, 0.3) is 0 Å². The van der Waals surface area contributed by atoms with E-state index in [0.29, 0.717) is 6.54 Å². The fraction of sp³-hybridized carbons (Fsp3) is 0.643. The lowest BCUT2D eigenvalue weighted by Crippen LogP contribution is -2.37. The molecule has 110 valence electrons. The lowest BCUT2D eigenvalue weighted by atomic mass is 9.89. The third-order valence-electron chi connectivity index (χ3n) is 4.03. The summed E-state index contributed by atoms with van der Waals surface area (Å²) in [6.07, 6.45) is 4.28. The zero-order valence-electron chi connectivity index (χ0n) is 12.4. The Labute approximate surface area is 119 Å². The number of nitrogens with one attached hydrogen (secondary N) is 1. The second-order valence-corrected chi connectivity index (χ2v) is 5.62. The molecule has 1 aliphatic heterocycles. The molecule has 1 unspecified atom stereocenters. The number of anilines is 2. The maximum atomic E-state index is 11.6. The van der Waals surface area contributed by atoms with Crippen LogP contribution in [0.4, 0.5) is 11.6 Å². The molecule has 2 heterocycles. The van der Waals surface area contributed by atoms with Gasteiger partial charge in [0.2, 0.25) is 5.91 Å². The fourth-order valence-electron chi connectivity index (χ4n) is 2.71. The van der Waals surface area contributed by atoms with E-state index in [1.165, 1.54) is 0 Å². The number of carbonyl (C=O) groups excluding carboxylic acids is 1. The molecule has 0 saturated carbocycles. The van der Waals surface area contributed by atoms with E-state index in [9.17, 15) is 4.79 Å². The second kappa shape index (κ2) is 5.64. The Hall–Kier alpha value is -1.85. The van der Waals surface area contributed by atoms with Gasteiger partial charge in [0.05, 0.1) is 5.41 Å². The SMILES string of the molecule is CCCc1c(NC)ncnc1N1CCC(C)(C(N)=O)C1. The third-order valence-corrected chi connectivity index (χ3v) is 4.03. The number of primary amides is 1. The van der Waals surface area contributed by atoms with E-state index >= 15 is 0 Å². The maximum Gasteiger partial charge on any atom is 0.225 e. The lowest BCUT2D eigenvalue weighted by Gasteiger charge is -2.24. The highest BCUT2D eigenvalue weighted by molar-refractivity contribution is 5.82. The minimum Gasteiger partial charge on any atom is -0.373 e. The highest BCUT2D eigenvalue weighted by Crippen LogP contribution is 2.35. The molecule has 1 saturated heterocycles. The third kappa shape index (κ3) is 2.55. The van der Waals surface area contributed by atoms with Crippen LogP contribution in [0, 0.1) is 5.41 Å². The van der Waals surface area contributed by atoms with Crippen LogP contribution >= 0.6 is 0 Å². The molecule has 2 rings (SSSR count). The smallest absolute Gasteiger partial charge is 0.225 e. The van der Waals surface area contributed by atoms with Gasteiger partial charge in [-0.25, -0.2) is 9.97 Å². The minimum atomic E-state index is -0.464. The normalized spacial score (nSPS) is 22.1. The number of hydrogen-bond donors (Lipinski definition) is 2. The van der Waals surface area contributed by atoms with Crippen LogP contribution in [-0.4, -0.2) is 36.0 Å². The first-order valence-corrected chi connectivity index (χ1v) is 7.08. The van der Waals surface area contributed by atoms with E-state index in [0.717, 1.165) is 43.0 Å². The van der Waals surface area contributed by atoms with Gasteiger partial charge in [-0.2, -0.15) is 0 Å². The second-order valence-electron chi connectivity index (χ2n) is 5.62. The number of hydrogen-bond acceptors (Lipinski definition) is 5. The summed E-state index contributed by atoms with van der Waals surface area (Å²) in [5.41, 5.74) is 6.17. The van der Waals surface area contributed by atoms with Gasteiger partial charge in [-0.3, -0.25) is 4.79 Å². The number of amides is 1. The average Bonchev–Trinajstić information content (AvgIpc) is 2.83. The van der Waals surface area contributed by atoms with Gasteiger partial charge in [-0.15, -0.1) is 0 Å². The van der Waals surface area contributed by atoms with E-state index < -0.39 is 5.41 Å². The topological polar surface area (TPSA) is 84.1 Å². The van der Waals surface area contributed by atoms with Gasteiger partial charge in [0, 0.05) is 25.7 Å². The number of carbonyl (C=O) groups is 1. The van der Waals surface area contributed by atoms with E-state index in [1.807, 2.05) is 14.0 Å². The molecule has 6 nitrogen and oxygen atoms in total. The molecule has 1 amide bonds. The molecule has 1 aromatic rings. The van der Waals surface area contributed by atoms with Crippen molar-refractivity contribution >= 4 is 17.5 Å². The summed E-state index contributed by atoms with van der Waals surface area (Å²) in [7, 11) is 1.86. The van der Waals surface area contributed by atoms with E-state index in [-0.39, 0.29) is 5.91 Å². The molecular formula is C14H23N5O. The number of nitrogens with two attached hydrogens (primary N) is 1. The molecule has 1 aliphatic rings. The molecule has 0 bridgehead atoms. The summed E-state index contributed by atoms with van der Waals surface area (Å²) in [4.78, 5) is 22.4. The van der Waals surface area contributed by atoms with Crippen molar-refractivity contribution in [3.8, 4) is 0 Å². The van der Waals surface area contributed by atoms with Gasteiger partial charge in [0.1, 0.15) is 18.0 Å². The van der Waals surface area contributed by atoms with Crippen molar-refractivity contribution in [1.82, 2.24) is 9.97 Å². The Bertz CT molecular complexity index is 504. The van der Waals surface area contributed by atoms with E-state index in [1.54, 1.807) is 6.33 Å². The van der Waals surface area contributed by atoms with Gasteiger partial charge < -0.3 is 16.0 Å². The summed E-state index contributed by atoms with van der Waals surface area (Å²) < 4.78 is 0. The van der Waals surface area contributed by atoms with Crippen molar-refractivity contribution in [2.24, 2.45) is 11.1 Å². The quantitative estimate of drug-likeness (QED) is 0.844. The van der Waals surface area contributed by atoms with Crippen molar-refractivity contribution in [2.75, 3.05) is 30.4 Å². The van der Waals surface area contributed by atoms with Crippen molar-refractivity contribution in [1.29, 1.82) is 0 Å². The Morgan fingerprint density at radius 3 is 2.85 bits per heavy atom. The Kier molecular flexibility index (Phi) is 4.11. The van der Waals surface area contributed by atoms with Crippen LogP contribution in [0.2, 0.25) is 0 Å². The summed E-state index contributed by atoms with van der Waals surface area (Å²) in [6, 6.07) is 0. The average molecular weight is 277 g/mol. The van der Waals surface area contributed by atoms with Crippen LogP contribution in [0.1, 0.15) is 32.3 Å². The van der Waals surface area contributed by atoms with E-state index in [4.69, 9.17) is 5.73 Å². The molecule has 1 fully saturated rings. The van der Waals surface area contributed by atoms with Gasteiger partial charge in [0.25, 0.3) is 0 Å². The van der Waals surface area contributed by atoms with Crippen LogP contribution in [0.3, 0.4) is 0 Å². The molecule has 3 N–H and O–H groups in total. The first-order chi connectivity index (χ1) is 9.51. The first-order valence-electron chi connectivity index (χ1n) is 7.08. The van der Waals surface area contributed by atoms with Gasteiger partial charge >= 0.3 is 0 Å². The van der Waals surface area contributed by atoms with Crippen molar-refractivity contribution in [3.05, 3.63) is 11.9 Å². The highest BCUT2D eigenvalue weighted by atomic mass is 16.1. The van der Waals surface area contributed by atoms with Gasteiger partial charge in [-0.05, 0) is 19.8 Å². The Balaban J connectivity index is 2.32. The molecule has 6 heteroatoms. The number of aromatic nitrogens is 2. The molecular weight excluding hydrogens is 254 g/mol. The predicted molar refractivity (Wildman–Crippen MR) is 79.7 cm³/mol. The molecule has 0 radical (unpaired) electrons. The summed E-state index contributed by atoms with van der Waals surface area (Å²) in [6.45, 7) is 5.48. The fourth-order valence-corrected chi connectivity index (χ4v) is 2.71. The maximum absolute atomic E-state index is 11.6. The van der Waals surface area contributed by atoms with Crippen molar-refractivity contribution in [3.63, 3.8) is 0 Å². The summed E-state index contributed by atoms with van der Waals surface area (Å²) >= 11 is 0. The van der Waals surface area contributed by atoms with Crippen LogP contribution in [-0.2, 0) is 11.2 Å². The largest absolute Gasteiger partial charge is 0.373 e. The minimum absolute atomic E-state index is 0.236. The molecule has 0 aromatic carbocycles. The highest BCUT2D eigenvalue weighted by Gasteiger charge is 2.40. The molecule has 0 spiro atoms. The molecule has 0 aliphatic carbocycles. The van der Waals surface area contributed by atoms with E-state index in [2.05, 4.69) is 27.1 Å². The van der Waals surface area contributed by atoms with Gasteiger partial charge in [-0.1, -0.05) is 13.3 Å². The Morgan fingerprint density at radius 1 is 1.55 bits per heavy atom. The molecule has 1 aromatic heterocycles. The zero-order valence-corrected chi connectivity index (χ0v) is 12.4. The molecule has 20 heavy (non-hydrogen) atoms. The van der Waals surface area contributed by atoms with Crippen molar-refractivity contribution in [2.45, 2.75) is 33.1 Å². The number of nitrogens with zero attached hydrogens (tertiary/aromatic N) is 3.